The summed E-state index contributed by atoms with van der Waals surface area (Å²) in [6.45, 7) is 6.78. The maximum atomic E-state index is 11.2. The molecule has 1 aliphatic rings. The predicted molar refractivity (Wildman–Crippen MR) is 125 cm³/mol. The molecule has 1 aromatic rings. The number of piperidine rings is 1. The molecule has 1 heterocycles. The molecule has 0 aromatic heterocycles. The van der Waals surface area contributed by atoms with E-state index in [1.54, 1.807) is 7.11 Å². The Bertz CT molecular complexity index is 609. The van der Waals surface area contributed by atoms with Crippen LogP contribution in [0.25, 0.3) is 0 Å². The van der Waals surface area contributed by atoms with Crippen molar-refractivity contribution in [2.75, 3.05) is 45.2 Å². The molecule has 4 N–H and O–H groups in total. The molecule has 8 heteroatoms. The molecule has 1 amide bonds. The van der Waals surface area contributed by atoms with Crippen LogP contribution < -0.4 is 16.4 Å². The third-order valence-corrected chi connectivity index (χ3v) is 4.64. The van der Waals surface area contributed by atoms with E-state index in [0.29, 0.717) is 25.5 Å². The lowest BCUT2D eigenvalue weighted by Gasteiger charge is -2.34. The van der Waals surface area contributed by atoms with Crippen LogP contribution in [0.4, 0.5) is 5.69 Å². The van der Waals surface area contributed by atoms with E-state index in [-0.39, 0.29) is 29.9 Å². The molecule has 1 saturated heterocycles. The molecule has 1 aliphatic heterocycles. The van der Waals surface area contributed by atoms with E-state index >= 15 is 0 Å². The number of methoxy groups -OCH3 is 1. The van der Waals surface area contributed by atoms with E-state index in [4.69, 9.17) is 15.5 Å². The molecule has 0 aliphatic carbocycles. The van der Waals surface area contributed by atoms with Crippen molar-refractivity contribution in [2.24, 2.45) is 16.6 Å². The fraction of sp³-hybridized carbons (Fsp3) is 0.600. The van der Waals surface area contributed by atoms with Crippen molar-refractivity contribution >= 4 is 41.5 Å². The van der Waals surface area contributed by atoms with Gasteiger partial charge in [0.05, 0.1) is 13.2 Å². The topological polar surface area (TPSA) is 92.0 Å². The van der Waals surface area contributed by atoms with Crippen molar-refractivity contribution in [3.05, 3.63) is 29.8 Å². The van der Waals surface area contributed by atoms with Gasteiger partial charge < -0.3 is 26.0 Å². The van der Waals surface area contributed by atoms with Crippen LogP contribution in [0.3, 0.4) is 0 Å². The zero-order valence-electron chi connectivity index (χ0n) is 16.9. The number of nitrogens with two attached hydrogens (primary N) is 1. The first-order valence-corrected chi connectivity index (χ1v) is 9.75. The van der Waals surface area contributed by atoms with Gasteiger partial charge in [-0.05, 0) is 43.4 Å². The zero-order valence-corrected chi connectivity index (χ0v) is 19.3. The number of ether oxygens (including phenoxy) is 1. The van der Waals surface area contributed by atoms with Crippen molar-refractivity contribution in [1.29, 1.82) is 0 Å². The first kappa shape index (κ1) is 24.5. The average molecular weight is 503 g/mol. The Balaban J connectivity index is 0.00000392. The maximum Gasteiger partial charge on any atom is 0.217 e. The molecule has 1 aromatic carbocycles. The summed E-state index contributed by atoms with van der Waals surface area (Å²) >= 11 is 0. The monoisotopic (exact) mass is 503 g/mol. The summed E-state index contributed by atoms with van der Waals surface area (Å²) in [4.78, 5) is 18.3. The van der Waals surface area contributed by atoms with Crippen LogP contribution in [-0.2, 0) is 16.1 Å². The minimum atomic E-state index is -0.219. The standard InChI is InChI=1S/C20H33N5O2.HI/c1-3-22-20(25-11-4-5-17(15-25)13-19(21)26)24-14-16-6-8-18(9-7-16)23-10-12-27-2;/h6-9,17,23H,3-5,10-15H2,1-2H3,(H2,21,26)(H,22,24);1H. The third kappa shape index (κ3) is 8.64. The van der Waals surface area contributed by atoms with Gasteiger partial charge in [0.2, 0.25) is 5.91 Å². The Morgan fingerprint density at radius 2 is 2.11 bits per heavy atom. The molecule has 0 radical (unpaired) electrons. The van der Waals surface area contributed by atoms with Gasteiger partial charge in [-0.1, -0.05) is 12.1 Å². The number of nitrogens with zero attached hydrogens (tertiary/aromatic N) is 2. The normalized spacial score (nSPS) is 17.0. The van der Waals surface area contributed by atoms with Gasteiger partial charge in [0, 0.05) is 45.4 Å². The van der Waals surface area contributed by atoms with Crippen LogP contribution in [0.15, 0.2) is 29.3 Å². The van der Waals surface area contributed by atoms with Crippen molar-refractivity contribution < 1.29 is 9.53 Å². The van der Waals surface area contributed by atoms with Crippen molar-refractivity contribution in [1.82, 2.24) is 10.2 Å². The molecule has 1 atom stereocenters. The summed E-state index contributed by atoms with van der Waals surface area (Å²) in [5.41, 5.74) is 7.61. The Morgan fingerprint density at radius 1 is 1.36 bits per heavy atom. The molecular weight excluding hydrogens is 469 g/mol. The number of anilines is 1. The van der Waals surface area contributed by atoms with Gasteiger partial charge in [-0.2, -0.15) is 0 Å². The van der Waals surface area contributed by atoms with Crippen LogP contribution in [0.5, 0.6) is 0 Å². The molecule has 1 fully saturated rings. The van der Waals surface area contributed by atoms with Gasteiger partial charge in [0.15, 0.2) is 5.96 Å². The number of aliphatic imine (C=N–C) groups is 1. The van der Waals surface area contributed by atoms with Crippen molar-refractivity contribution in [3.63, 3.8) is 0 Å². The smallest absolute Gasteiger partial charge is 0.217 e. The summed E-state index contributed by atoms with van der Waals surface area (Å²) in [6, 6.07) is 8.32. The highest BCUT2D eigenvalue weighted by atomic mass is 127. The fourth-order valence-electron chi connectivity index (χ4n) is 3.33. The van der Waals surface area contributed by atoms with Crippen LogP contribution >= 0.6 is 24.0 Å². The van der Waals surface area contributed by atoms with Crippen LogP contribution in [0.1, 0.15) is 31.7 Å². The molecular formula is C20H34IN5O2. The highest BCUT2D eigenvalue weighted by molar-refractivity contribution is 14.0. The number of nitrogens with one attached hydrogen (secondary N) is 2. The highest BCUT2D eigenvalue weighted by Gasteiger charge is 2.23. The summed E-state index contributed by atoms with van der Waals surface area (Å²) in [6.07, 6.45) is 2.56. The van der Waals surface area contributed by atoms with Crippen LogP contribution in [-0.4, -0.2) is 56.7 Å². The van der Waals surface area contributed by atoms with Gasteiger partial charge in [-0.3, -0.25) is 4.79 Å². The number of halogens is 1. The number of hydrogen-bond donors (Lipinski definition) is 3. The molecule has 28 heavy (non-hydrogen) atoms. The number of carbonyl (C=O) groups excluding carboxylic acids is 1. The number of likely N-dealkylation sites (tertiary alicyclic amines) is 1. The molecule has 1 unspecified atom stereocenters. The van der Waals surface area contributed by atoms with Gasteiger partial charge in [-0.25, -0.2) is 4.99 Å². The van der Waals surface area contributed by atoms with E-state index in [9.17, 15) is 4.79 Å². The molecule has 2 rings (SSSR count). The second kappa shape index (κ2) is 13.6. The first-order chi connectivity index (χ1) is 13.1. The van der Waals surface area contributed by atoms with Gasteiger partial charge >= 0.3 is 0 Å². The number of amides is 1. The quantitative estimate of drug-likeness (QED) is 0.208. The van der Waals surface area contributed by atoms with E-state index in [1.165, 1.54) is 0 Å². The Labute approximate surface area is 185 Å². The Hall–Kier alpha value is -1.55. The Morgan fingerprint density at radius 3 is 2.75 bits per heavy atom. The van der Waals surface area contributed by atoms with E-state index in [1.807, 2.05) is 0 Å². The molecule has 0 bridgehead atoms. The number of primary amides is 1. The predicted octanol–water partition coefficient (Wildman–Crippen LogP) is 2.42. The summed E-state index contributed by atoms with van der Waals surface area (Å²) < 4.78 is 5.04. The number of rotatable bonds is 9. The summed E-state index contributed by atoms with van der Waals surface area (Å²) in [5, 5.41) is 6.69. The zero-order chi connectivity index (χ0) is 19.5. The van der Waals surface area contributed by atoms with Gasteiger partial charge in [0.1, 0.15) is 0 Å². The number of guanidine groups is 1. The highest BCUT2D eigenvalue weighted by Crippen LogP contribution is 2.19. The van der Waals surface area contributed by atoms with E-state index in [2.05, 4.69) is 46.7 Å². The SMILES string of the molecule is CCNC(=NCc1ccc(NCCOC)cc1)N1CCCC(CC(N)=O)C1.I. The number of benzene rings is 1. The second-order valence-corrected chi connectivity index (χ2v) is 6.91. The minimum Gasteiger partial charge on any atom is -0.383 e. The van der Waals surface area contributed by atoms with Gasteiger partial charge in [0.25, 0.3) is 0 Å². The summed E-state index contributed by atoms with van der Waals surface area (Å²) in [5.74, 6) is 1.01. The molecule has 0 saturated carbocycles. The average Bonchev–Trinajstić information content (AvgIpc) is 2.66. The van der Waals surface area contributed by atoms with E-state index < -0.39 is 0 Å². The number of carbonyl (C=O) groups is 1. The summed E-state index contributed by atoms with van der Waals surface area (Å²) in [7, 11) is 1.70. The number of hydrogen-bond acceptors (Lipinski definition) is 4. The third-order valence-electron chi connectivity index (χ3n) is 4.64. The lowest BCUT2D eigenvalue weighted by molar-refractivity contribution is -0.119. The van der Waals surface area contributed by atoms with Crippen molar-refractivity contribution in [3.8, 4) is 0 Å². The van der Waals surface area contributed by atoms with Crippen molar-refractivity contribution in [2.45, 2.75) is 32.7 Å². The maximum absolute atomic E-state index is 11.2. The molecule has 7 nitrogen and oxygen atoms in total. The van der Waals surface area contributed by atoms with Gasteiger partial charge in [-0.15, -0.1) is 24.0 Å². The van der Waals surface area contributed by atoms with Crippen LogP contribution in [0.2, 0.25) is 0 Å². The van der Waals surface area contributed by atoms with E-state index in [0.717, 1.165) is 56.2 Å². The second-order valence-electron chi connectivity index (χ2n) is 6.91. The Kier molecular flexibility index (Phi) is 11.9. The minimum absolute atomic E-state index is 0. The fourth-order valence-corrected chi connectivity index (χ4v) is 3.33. The first-order valence-electron chi connectivity index (χ1n) is 9.75. The van der Waals surface area contributed by atoms with Crippen LogP contribution in [0, 0.1) is 5.92 Å². The lowest BCUT2D eigenvalue weighted by atomic mass is 9.95. The molecule has 158 valence electrons. The molecule has 0 spiro atoms. The largest absolute Gasteiger partial charge is 0.383 e. The lowest BCUT2D eigenvalue weighted by Crippen LogP contribution is -2.47.